The molecule has 0 fully saturated rings. The number of carbonyl (C=O) groups is 4. The lowest BCUT2D eigenvalue weighted by molar-refractivity contribution is -0.143. The summed E-state index contributed by atoms with van der Waals surface area (Å²) in [5.74, 6) is -4.25. The molecule has 0 heterocycles. The third-order valence-corrected chi connectivity index (χ3v) is 3.69. The molecule has 0 amide bonds. The van der Waals surface area contributed by atoms with E-state index in [1.165, 1.54) is 39.0 Å². The van der Waals surface area contributed by atoms with E-state index in [1.807, 2.05) is 0 Å². The Bertz CT molecular complexity index is 730. The molecule has 148 valence electrons. The monoisotopic (exact) mass is 381 g/mol. The first-order chi connectivity index (χ1) is 12.5. The van der Waals surface area contributed by atoms with Crippen molar-refractivity contribution in [3.63, 3.8) is 0 Å². The van der Waals surface area contributed by atoms with Gasteiger partial charge in [0.25, 0.3) is 0 Å². The molecule has 9 nitrogen and oxygen atoms in total. The number of rotatable bonds is 8. The number of benzene rings is 1. The van der Waals surface area contributed by atoms with Crippen LogP contribution < -0.4 is 15.2 Å². The van der Waals surface area contributed by atoms with Crippen LogP contribution in [0, 0.1) is 5.92 Å². The van der Waals surface area contributed by atoms with Gasteiger partial charge in [-0.1, -0.05) is 13.0 Å². The first kappa shape index (κ1) is 22.1. The van der Waals surface area contributed by atoms with Gasteiger partial charge in [0.1, 0.15) is 6.04 Å². The minimum absolute atomic E-state index is 0.0109. The highest BCUT2D eigenvalue weighted by Gasteiger charge is 2.32. The van der Waals surface area contributed by atoms with E-state index < -0.39 is 41.8 Å². The molecule has 0 bridgehead atoms. The predicted octanol–water partition coefficient (Wildman–Crippen LogP) is 1.23. The summed E-state index contributed by atoms with van der Waals surface area (Å²) in [4.78, 5) is 45.1. The van der Waals surface area contributed by atoms with Crippen molar-refractivity contribution in [1.82, 2.24) is 0 Å². The van der Waals surface area contributed by atoms with Crippen molar-refractivity contribution in [3.8, 4) is 11.5 Å². The van der Waals surface area contributed by atoms with Gasteiger partial charge in [-0.2, -0.15) is 0 Å². The molecule has 0 aliphatic heterocycles. The fourth-order valence-corrected chi connectivity index (χ4v) is 2.60. The lowest BCUT2D eigenvalue weighted by atomic mass is 9.82. The van der Waals surface area contributed by atoms with Gasteiger partial charge in [0.05, 0.1) is 6.61 Å². The normalized spacial score (nSPS) is 13.8. The smallest absolute Gasteiger partial charge is 0.321 e. The lowest BCUT2D eigenvalue weighted by Gasteiger charge is -2.27. The van der Waals surface area contributed by atoms with Crippen molar-refractivity contribution in [2.45, 2.75) is 39.7 Å². The van der Waals surface area contributed by atoms with Crippen LogP contribution in [0.1, 0.15) is 39.2 Å². The fourth-order valence-electron chi connectivity index (χ4n) is 2.60. The van der Waals surface area contributed by atoms with Crippen LogP contribution in [0.25, 0.3) is 0 Å². The summed E-state index contributed by atoms with van der Waals surface area (Å²) in [6, 6.07) is 2.98. The summed E-state index contributed by atoms with van der Waals surface area (Å²) >= 11 is 0. The molecule has 0 saturated carbocycles. The number of hydrogen-bond donors (Lipinski definition) is 2. The zero-order valence-corrected chi connectivity index (χ0v) is 15.6. The van der Waals surface area contributed by atoms with Crippen LogP contribution in [0.15, 0.2) is 18.2 Å². The number of nitrogens with two attached hydrogens (primary N) is 1. The van der Waals surface area contributed by atoms with Gasteiger partial charge in [-0.05, 0) is 23.6 Å². The van der Waals surface area contributed by atoms with Crippen molar-refractivity contribution in [2.24, 2.45) is 11.7 Å². The number of ether oxygens (including phenoxy) is 3. The molecule has 0 saturated heterocycles. The van der Waals surface area contributed by atoms with Crippen LogP contribution in [-0.2, 0) is 23.9 Å². The Morgan fingerprint density at radius 3 is 2.04 bits per heavy atom. The first-order valence-corrected chi connectivity index (χ1v) is 8.15. The minimum Gasteiger partial charge on any atom is -0.480 e. The largest absolute Gasteiger partial charge is 0.480 e. The Morgan fingerprint density at radius 1 is 1.00 bits per heavy atom. The summed E-state index contributed by atoms with van der Waals surface area (Å²) in [6.07, 6.45) is 0. The van der Waals surface area contributed by atoms with Gasteiger partial charge in [0, 0.05) is 26.7 Å². The Kier molecular flexibility index (Phi) is 7.92. The van der Waals surface area contributed by atoms with Crippen LogP contribution in [0.2, 0.25) is 0 Å². The molecule has 0 spiro atoms. The SMILES string of the molecule is CC(=O)OCC(C)C(c1ccc(OC(C)=O)c(OC(C)=O)c1)[C@H](N)C(=O)O. The molecule has 2 unspecified atom stereocenters. The Morgan fingerprint density at radius 2 is 1.56 bits per heavy atom. The van der Waals surface area contributed by atoms with Crippen molar-refractivity contribution >= 4 is 23.9 Å². The summed E-state index contributed by atoms with van der Waals surface area (Å²) in [7, 11) is 0. The van der Waals surface area contributed by atoms with Gasteiger partial charge in [-0.15, -0.1) is 0 Å². The molecule has 9 heteroatoms. The number of hydrogen-bond acceptors (Lipinski definition) is 8. The van der Waals surface area contributed by atoms with Crippen LogP contribution in [0.3, 0.4) is 0 Å². The van der Waals surface area contributed by atoms with Crippen LogP contribution in [0.4, 0.5) is 0 Å². The van der Waals surface area contributed by atoms with Gasteiger partial charge in [0.2, 0.25) is 0 Å². The van der Waals surface area contributed by atoms with E-state index in [4.69, 9.17) is 19.9 Å². The predicted molar refractivity (Wildman–Crippen MR) is 93.2 cm³/mol. The van der Waals surface area contributed by atoms with E-state index in [9.17, 15) is 24.3 Å². The summed E-state index contributed by atoms with van der Waals surface area (Å²) in [5, 5.41) is 9.34. The Hall–Kier alpha value is -2.94. The Balaban J connectivity index is 3.34. The van der Waals surface area contributed by atoms with Gasteiger partial charge in [0.15, 0.2) is 11.5 Å². The molecule has 3 atom stereocenters. The second-order valence-electron chi connectivity index (χ2n) is 6.06. The van der Waals surface area contributed by atoms with E-state index in [0.29, 0.717) is 5.56 Å². The van der Waals surface area contributed by atoms with Crippen LogP contribution >= 0.6 is 0 Å². The van der Waals surface area contributed by atoms with Crippen molar-refractivity contribution in [3.05, 3.63) is 23.8 Å². The van der Waals surface area contributed by atoms with Crippen molar-refractivity contribution in [2.75, 3.05) is 6.61 Å². The zero-order chi connectivity index (χ0) is 20.7. The number of carboxylic acid groups (broad SMARTS) is 1. The minimum atomic E-state index is -1.31. The number of carboxylic acids is 1. The molecule has 0 aliphatic carbocycles. The highest BCUT2D eigenvalue weighted by atomic mass is 16.6. The number of esters is 3. The lowest BCUT2D eigenvalue weighted by Crippen LogP contribution is -2.40. The maximum atomic E-state index is 11.4. The molecule has 1 aromatic carbocycles. The van der Waals surface area contributed by atoms with E-state index in [0.717, 1.165) is 0 Å². The van der Waals surface area contributed by atoms with Crippen molar-refractivity contribution in [1.29, 1.82) is 0 Å². The third-order valence-electron chi connectivity index (χ3n) is 3.69. The molecule has 0 radical (unpaired) electrons. The van der Waals surface area contributed by atoms with Gasteiger partial charge in [-0.25, -0.2) is 0 Å². The molecular formula is C18H23NO8. The van der Waals surface area contributed by atoms with Gasteiger partial charge < -0.3 is 25.1 Å². The summed E-state index contributed by atoms with van der Waals surface area (Å²) in [6.45, 7) is 5.24. The van der Waals surface area contributed by atoms with Crippen LogP contribution in [-0.4, -0.2) is 41.6 Å². The first-order valence-electron chi connectivity index (χ1n) is 8.15. The average molecular weight is 381 g/mol. The van der Waals surface area contributed by atoms with E-state index in [-0.39, 0.29) is 18.1 Å². The summed E-state index contributed by atoms with van der Waals surface area (Å²) in [5.41, 5.74) is 6.26. The highest BCUT2D eigenvalue weighted by molar-refractivity contribution is 5.76. The van der Waals surface area contributed by atoms with Crippen molar-refractivity contribution < 1.29 is 38.5 Å². The topological polar surface area (TPSA) is 142 Å². The molecule has 1 aromatic rings. The molecule has 0 aromatic heterocycles. The quantitative estimate of drug-likeness (QED) is 0.502. The second kappa shape index (κ2) is 9.67. The standard InChI is InChI=1S/C18H23NO8/c1-9(8-25-10(2)20)16(17(19)18(23)24)13-5-6-14(26-11(3)21)15(7-13)27-12(4)22/h5-7,9,16-17H,8,19H2,1-4H3,(H,23,24)/t9?,16?,17-/m0/s1. The van der Waals surface area contributed by atoms with Crippen LogP contribution in [0.5, 0.6) is 11.5 Å². The Labute approximate surface area is 156 Å². The number of carbonyl (C=O) groups excluding carboxylic acids is 3. The van der Waals surface area contributed by atoms with E-state index >= 15 is 0 Å². The molecule has 27 heavy (non-hydrogen) atoms. The second-order valence-corrected chi connectivity index (χ2v) is 6.06. The fraction of sp³-hybridized carbons (Fsp3) is 0.444. The summed E-state index contributed by atoms with van der Waals surface area (Å²) < 4.78 is 15.0. The van der Waals surface area contributed by atoms with E-state index in [1.54, 1.807) is 6.92 Å². The molecule has 3 N–H and O–H groups in total. The van der Waals surface area contributed by atoms with Gasteiger partial charge >= 0.3 is 23.9 Å². The third kappa shape index (κ3) is 6.70. The maximum Gasteiger partial charge on any atom is 0.321 e. The van der Waals surface area contributed by atoms with Gasteiger partial charge in [-0.3, -0.25) is 19.2 Å². The maximum absolute atomic E-state index is 11.4. The zero-order valence-electron chi connectivity index (χ0n) is 15.6. The highest BCUT2D eigenvalue weighted by Crippen LogP contribution is 2.35. The average Bonchev–Trinajstić information content (AvgIpc) is 2.54. The molecule has 0 aliphatic rings. The molecule has 1 rings (SSSR count). The number of aliphatic carboxylic acids is 1. The molecular weight excluding hydrogens is 358 g/mol. The van der Waals surface area contributed by atoms with E-state index in [2.05, 4.69) is 0 Å².